The predicted molar refractivity (Wildman–Crippen MR) is 250 cm³/mol. The molecule has 0 saturated heterocycles. The van der Waals surface area contributed by atoms with E-state index in [9.17, 15) is 13.2 Å². The first kappa shape index (κ1) is 51.5. The van der Waals surface area contributed by atoms with Gasteiger partial charge in [0, 0.05) is 40.8 Å². The van der Waals surface area contributed by atoms with Gasteiger partial charge in [-0.1, -0.05) is 145 Å². The van der Waals surface area contributed by atoms with Crippen molar-refractivity contribution in [1.82, 2.24) is 5.32 Å². The minimum Gasteiger partial charge on any atom is -0.494 e. The molecular formula is C46H65Cl3N4O5S. The van der Waals surface area contributed by atoms with Crippen LogP contribution in [0.1, 0.15) is 110 Å². The number of carbonyl (C=O) groups is 1. The molecule has 0 unspecified atom stereocenters. The smallest absolute Gasteiger partial charge is 0.261 e. The highest BCUT2D eigenvalue weighted by Crippen LogP contribution is 2.27. The topological polar surface area (TPSA) is 118 Å². The second kappa shape index (κ2) is 28.0. The first-order valence-electron chi connectivity index (χ1n) is 20.5. The van der Waals surface area contributed by atoms with Crippen LogP contribution in [0.2, 0.25) is 15.1 Å². The van der Waals surface area contributed by atoms with Gasteiger partial charge in [0.1, 0.15) is 12.4 Å². The van der Waals surface area contributed by atoms with Crippen molar-refractivity contribution in [3.8, 4) is 5.75 Å². The Balaban J connectivity index is 0.000000364. The number of rotatable bonds is 21. The highest BCUT2D eigenvalue weighted by Gasteiger charge is 2.18. The number of aryl methyl sites for hydroxylation is 1. The average molecular weight is 892 g/mol. The first-order valence-corrected chi connectivity index (χ1v) is 23.1. The van der Waals surface area contributed by atoms with Gasteiger partial charge in [-0.3, -0.25) is 19.8 Å². The maximum absolute atomic E-state index is 12.6. The Morgan fingerprint density at radius 2 is 1.29 bits per heavy atom. The molecule has 0 fully saturated rings. The van der Waals surface area contributed by atoms with Crippen molar-refractivity contribution in [2.45, 2.75) is 117 Å². The van der Waals surface area contributed by atoms with Crippen LogP contribution < -0.4 is 25.6 Å². The molecule has 0 atom stereocenters. The van der Waals surface area contributed by atoms with Gasteiger partial charge in [-0.2, -0.15) is 0 Å². The molecule has 0 radical (unpaired) electrons. The summed E-state index contributed by atoms with van der Waals surface area (Å²) in [7, 11) is -0.159. The van der Waals surface area contributed by atoms with Crippen LogP contribution in [-0.4, -0.2) is 35.0 Å². The summed E-state index contributed by atoms with van der Waals surface area (Å²) in [4.78, 5) is 16.4. The third-order valence-corrected chi connectivity index (χ3v) is 11.5. The summed E-state index contributed by atoms with van der Waals surface area (Å²) in [5.74, 6) is 0.792. The van der Waals surface area contributed by atoms with Gasteiger partial charge in [0.2, 0.25) is 5.91 Å². The number of benzene rings is 4. The second-order valence-corrected chi connectivity index (χ2v) is 17.9. The Bertz CT molecular complexity index is 1900. The number of sulfonamides is 1. The van der Waals surface area contributed by atoms with E-state index in [0.717, 1.165) is 35.3 Å². The van der Waals surface area contributed by atoms with Gasteiger partial charge in [-0.15, -0.1) is 0 Å². The number of hydrogen-bond acceptors (Lipinski definition) is 7. The summed E-state index contributed by atoms with van der Waals surface area (Å²) in [5, 5.41) is 7.35. The van der Waals surface area contributed by atoms with Crippen molar-refractivity contribution in [2.24, 2.45) is 5.41 Å². The standard InChI is InChI=1S/C26H39NO3S.C14H13Cl3N2O.C6H13NO/c1-3-5-6-7-8-9-10-11-12-13-21-30-25-17-19-26(20-18-25)31(28,29)27-24-16-14-15-23(4-2)22-24;1-18-14-7-9(5-6-13(14)17)19-20-8-10-11(15)3-2-4-12(10)16;1-6(2,3)5(8)7-4/h14-20,22,27H,3-13,21H2,1-2H3;2-7,18-19H,8H2,1H3;1-4H3,(H,7,8). The molecule has 0 aliphatic carbocycles. The van der Waals surface area contributed by atoms with Crippen LogP contribution in [-0.2, 0) is 32.7 Å². The Kier molecular flexibility index (Phi) is 24.4. The van der Waals surface area contributed by atoms with Crippen molar-refractivity contribution in [2.75, 3.05) is 36.2 Å². The summed E-state index contributed by atoms with van der Waals surface area (Å²) in [6.07, 6.45) is 13.8. The van der Waals surface area contributed by atoms with Gasteiger partial charge in [0.25, 0.3) is 10.0 Å². The van der Waals surface area contributed by atoms with Gasteiger partial charge in [0.05, 0.1) is 27.9 Å². The summed E-state index contributed by atoms with van der Waals surface area (Å²) in [5.41, 5.74) is 6.61. The molecule has 59 heavy (non-hydrogen) atoms. The van der Waals surface area contributed by atoms with E-state index >= 15 is 0 Å². The van der Waals surface area contributed by atoms with Gasteiger partial charge < -0.3 is 15.4 Å². The molecule has 0 aliphatic heterocycles. The van der Waals surface area contributed by atoms with Crippen LogP contribution in [0.15, 0.2) is 89.8 Å². The average Bonchev–Trinajstić information content (AvgIpc) is 3.21. The molecule has 0 bridgehead atoms. The van der Waals surface area contributed by atoms with Gasteiger partial charge in [-0.05, 0) is 85.1 Å². The monoisotopic (exact) mass is 890 g/mol. The number of nitrogens with one attached hydrogen (secondary N) is 4. The van der Waals surface area contributed by atoms with Crippen molar-refractivity contribution in [3.05, 3.63) is 111 Å². The van der Waals surface area contributed by atoms with E-state index in [4.69, 9.17) is 44.4 Å². The van der Waals surface area contributed by atoms with Crippen molar-refractivity contribution in [1.29, 1.82) is 0 Å². The number of ether oxygens (including phenoxy) is 1. The summed E-state index contributed by atoms with van der Waals surface area (Å²) < 4.78 is 33.7. The predicted octanol–water partition coefficient (Wildman–Crippen LogP) is 13.4. The van der Waals surface area contributed by atoms with Crippen LogP contribution in [0.5, 0.6) is 5.75 Å². The summed E-state index contributed by atoms with van der Waals surface area (Å²) in [6, 6.07) is 24.9. The minimum atomic E-state index is -3.61. The Morgan fingerprint density at radius 3 is 1.83 bits per heavy atom. The Labute approximate surface area is 369 Å². The Hall–Kier alpha value is -3.67. The molecule has 13 heteroatoms. The van der Waals surface area contributed by atoms with E-state index in [0.29, 0.717) is 33.1 Å². The highest BCUT2D eigenvalue weighted by molar-refractivity contribution is 7.92. The first-order chi connectivity index (χ1) is 28.1. The number of carbonyl (C=O) groups excluding carboxylic acids is 1. The molecule has 4 N–H and O–H groups in total. The maximum atomic E-state index is 12.6. The SMILES string of the molecule is CCCCCCCCCCCCOc1ccc(S(=O)(=O)Nc2cccc(CC)c2)cc1.CNC(=O)C(C)(C)C.CNc1cc(NOCc2c(Cl)cccc2Cl)ccc1Cl. The molecule has 4 aromatic rings. The van der Waals surface area contributed by atoms with Crippen LogP contribution in [0.3, 0.4) is 0 Å². The van der Waals surface area contributed by atoms with E-state index < -0.39 is 10.0 Å². The summed E-state index contributed by atoms with van der Waals surface area (Å²) in [6.45, 7) is 10.9. The Morgan fingerprint density at radius 1 is 0.695 bits per heavy atom. The molecule has 0 saturated carbocycles. The van der Waals surface area contributed by atoms with E-state index in [-0.39, 0.29) is 22.8 Å². The molecule has 0 heterocycles. The van der Waals surface area contributed by atoms with Gasteiger partial charge in [0.15, 0.2) is 0 Å². The fraction of sp³-hybridized carbons (Fsp3) is 0.457. The fourth-order valence-corrected chi connectivity index (χ4v) is 7.35. The minimum absolute atomic E-state index is 0.0810. The molecule has 326 valence electrons. The molecule has 0 aliphatic rings. The van der Waals surface area contributed by atoms with E-state index in [1.807, 2.05) is 58.0 Å². The quantitative estimate of drug-likeness (QED) is 0.0486. The molecule has 4 rings (SSSR count). The zero-order valence-electron chi connectivity index (χ0n) is 35.9. The summed E-state index contributed by atoms with van der Waals surface area (Å²) >= 11 is 18.1. The number of halogens is 3. The lowest BCUT2D eigenvalue weighted by Crippen LogP contribution is -2.31. The zero-order valence-corrected chi connectivity index (χ0v) is 38.9. The molecule has 0 aromatic heterocycles. The second-order valence-electron chi connectivity index (χ2n) is 15.0. The number of hydrogen-bond donors (Lipinski definition) is 4. The molecule has 9 nitrogen and oxygen atoms in total. The molecule has 0 spiro atoms. The van der Waals surface area contributed by atoms with Crippen molar-refractivity contribution >= 4 is 67.8 Å². The lowest BCUT2D eigenvalue weighted by atomic mass is 9.96. The highest BCUT2D eigenvalue weighted by atomic mass is 35.5. The number of anilines is 3. The lowest BCUT2D eigenvalue weighted by Gasteiger charge is -2.14. The van der Waals surface area contributed by atoms with E-state index in [2.05, 4.69) is 27.8 Å². The molecular weight excluding hydrogens is 827 g/mol. The van der Waals surface area contributed by atoms with E-state index in [1.165, 1.54) is 57.8 Å². The van der Waals surface area contributed by atoms with Crippen LogP contribution in [0.25, 0.3) is 0 Å². The van der Waals surface area contributed by atoms with Crippen molar-refractivity contribution < 1.29 is 22.8 Å². The third kappa shape index (κ3) is 20.4. The van der Waals surface area contributed by atoms with Crippen molar-refractivity contribution in [3.63, 3.8) is 0 Å². The van der Waals surface area contributed by atoms with Crippen LogP contribution in [0.4, 0.5) is 17.1 Å². The molecule has 4 aromatic carbocycles. The fourth-order valence-electron chi connectivity index (χ4n) is 5.58. The molecule has 1 amide bonds. The third-order valence-electron chi connectivity index (χ3n) is 9.10. The number of amides is 1. The number of unbranched alkanes of at least 4 members (excludes halogenated alkanes) is 9. The largest absolute Gasteiger partial charge is 0.494 e. The van der Waals surface area contributed by atoms with E-state index in [1.54, 1.807) is 68.7 Å². The zero-order chi connectivity index (χ0) is 43.7. The van der Waals surface area contributed by atoms with Gasteiger partial charge >= 0.3 is 0 Å². The van der Waals surface area contributed by atoms with Gasteiger partial charge in [-0.25, -0.2) is 8.42 Å². The van der Waals surface area contributed by atoms with Crippen LogP contribution >= 0.6 is 34.8 Å². The normalized spacial score (nSPS) is 11.0. The maximum Gasteiger partial charge on any atom is 0.261 e. The van der Waals surface area contributed by atoms with Crippen LogP contribution in [0, 0.1) is 5.41 Å². The lowest BCUT2D eigenvalue weighted by molar-refractivity contribution is -0.127.